The molecule has 4 rings (SSSR count). The van der Waals surface area contributed by atoms with Crippen LogP contribution in [0.2, 0.25) is 10.0 Å². The molecule has 3 aromatic rings. The van der Waals surface area contributed by atoms with Crippen molar-refractivity contribution in [3.05, 3.63) is 68.4 Å². The third kappa shape index (κ3) is 3.86. The van der Waals surface area contributed by atoms with Gasteiger partial charge in [-0.05, 0) is 24.3 Å². The normalized spacial score (nSPS) is 15.0. The zero-order valence-electron chi connectivity index (χ0n) is 16.9. The van der Waals surface area contributed by atoms with E-state index in [0.717, 1.165) is 0 Å². The molecule has 2 N–H and O–H groups in total. The third-order valence-corrected chi connectivity index (χ3v) is 8.08. The van der Waals surface area contributed by atoms with E-state index >= 15 is 0 Å². The lowest BCUT2D eigenvalue weighted by Gasteiger charge is -2.38. The summed E-state index contributed by atoms with van der Waals surface area (Å²) in [4.78, 5) is 25.1. The van der Waals surface area contributed by atoms with E-state index in [0.29, 0.717) is 10.9 Å². The van der Waals surface area contributed by atoms with Crippen LogP contribution in [0.4, 0.5) is 0 Å². The molecule has 0 radical (unpaired) electrons. The molecule has 8 nitrogen and oxygen atoms in total. The lowest BCUT2D eigenvalue weighted by molar-refractivity contribution is 0.0928. The quantitative estimate of drug-likeness (QED) is 0.565. The van der Waals surface area contributed by atoms with E-state index in [1.54, 1.807) is 24.3 Å². The minimum Gasteiger partial charge on any atom is -0.502 e. The first-order valence-electron chi connectivity index (χ1n) is 9.65. The predicted molar refractivity (Wildman–Crippen MR) is 122 cm³/mol. The van der Waals surface area contributed by atoms with Gasteiger partial charge in [-0.25, -0.2) is 8.42 Å². The highest BCUT2D eigenvalue weighted by Gasteiger charge is 2.37. The second-order valence-corrected chi connectivity index (χ2v) is 10.3. The number of aryl methyl sites for hydroxylation is 1. The van der Waals surface area contributed by atoms with E-state index in [1.807, 2.05) is 0 Å². The standard InChI is InChI=1S/C21H19Cl2N3O5S/c1-25-17-5-3-2-4-14(17)18(19(27)21(25)29)20(28)24-9-12-10-26(11-12)32(30,31)13-6-7-15(22)16(23)8-13/h2-8,12,27H,9-11H2,1H3,(H,24,28). The van der Waals surface area contributed by atoms with Gasteiger partial charge in [-0.2, -0.15) is 4.31 Å². The monoisotopic (exact) mass is 495 g/mol. The second-order valence-electron chi connectivity index (χ2n) is 7.58. The number of para-hydroxylation sites is 1. The summed E-state index contributed by atoms with van der Waals surface area (Å²) in [5, 5.41) is 13.9. The molecule has 0 spiro atoms. The highest BCUT2D eigenvalue weighted by Crippen LogP contribution is 2.30. The van der Waals surface area contributed by atoms with Crippen LogP contribution in [0, 0.1) is 5.92 Å². The molecule has 2 heterocycles. The lowest BCUT2D eigenvalue weighted by atomic mass is 10.0. The summed E-state index contributed by atoms with van der Waals surface area (Å²) < 4.78 is 28.0. The van der Waals surface area contributed by atoms with Crippen molar-refractivity contribution in [2.75, 3.05) is 19.6 Å². The van der Waals surface area contributed by atoms with Crippen molar-refractivity contribution < 1.29 is 18.3 Å². The van der Waals surface area contributed by atoms with Gasteiger partial charge in [0, 0.05) is 38.0 Å². The van der Waals surface area contributed by atoms with E-state index in [9.17, 15) is 23.1 Å². The number of pyridine rings is 1. The summed E-state index contributed by atoms with van der Waals surface area (Å²) in [6.45, 7) is 0.619. The van der Waals surface area contributed by atoms with E-state index in [4.69, 9.17) is 23.2 Å². The molecule has 1 aromatic heterocycles. The number of rotatable bonds is 5. The number of carbonyl (C=O) groups is 1. The van der Waals surface area contributed by atoms with Crippen LogP contribution in [-0.2, 0) is 17.1 Å². The van der Waals surface area contributed by atoms with Gasteiger partial charge < -0.3 is 15.0 Å². The third-order valence-electron chi connectivity index (χ3n) is 5.51. The van der Waals surface area contributed by atoms with Crippen LogP contribution in [0.1, 0.15) is 10.4 Å². The molecular formula is C21H19Cl2N3O5S. The zero-order valence-corrected chi connectivity index (χ0v) is 19.2. The van der Waals surface area contributed by atoms with Gasteiger partial charge in [-0.1, -0.05) is 41.4 Å². The fourth-order valence-corrected chi connectivity index (χ4v) is 5.65. The Morgan fingerprint density at radius 3 is 2.53 bits per heavy atom. The van der Waals surface area contributed by atoms with Crippen LogP contribution in [0.3, 0.4) is 0 Å². The number of carbonyl (C=O) groups excluding carboxylic acids is 1. The highest BCUT2D eigenvalue weighted by atomic mass is 35.5. The number of hydrogen-bond acceptors (Lipinski definition) is 5. The van der Waals surface area contributed by atoms with Crippen molar-refractivity contribution in [1.82, 2.24) is 14.2 Å². The van der Waals surface area contributed by atoms with Crippen LogP contribution in [0.5, 0.6) is 5.75 Å². The average Bonchev–Trinajstić information content (AvgIpc) is 2.73. The van der Waals surface area contributed by atoms with Crippen LogP contribution in [0.15, 0.2) is 52.2 Å². The number of benzene rings is 2. The molecule has 1 saturated heterocycles. The number of sulfonamides is 1. The first-order chi connectivity index (χ1) is 15.1. The van der Waals surface area contributed by atoms with Crippen molar-refractivity contribution in [1.29, 1.82) is 0 Å². The molecule has 1 aliphatic rings. The Balaban J connectivity index is 1.45. The maximum Gasteiger partial charge on any atom is 0.293 e. The van der Waals surface area contributed by atoms with Gasteiger partial charge in [-0.3, -0.25) is 9.59 Å². The fraction of sp³-hybridized carbons (Fsp3) is 0.238. The minimum atomic E-state index is -3.72. The SMILES string of the molecule is Cn1c(=O)c(O)c(C(=O)NCC2CN(S(=O)(=O)c3ccc(Cl)c(Cl)c3)C2)c2ccccc21. The van der Waals surface area contributed by atoms with E-state index in [-0.39, 0.29) is 46.1 Å². The summed E-state index contributed by atoms with van der Waals surface area (Å²) in [6.07, 6.45) is 0. The molecule has 0 unspecified atom stereocenters. The maximum atomic E-state index is 12.8. The summed E-state index contributed by atoms with van der Waals surface area (Å²) in [6, 6.07) is 10.9. The maximum absolute atomic E-state index is 12.8. The van der Waals surface area contributed by atoms with Crippen molar-refractivity contribution >= 4 is 50.0 Å². The lowest BCUT2D eigenvalue weighted by Crippen LogP contribution is -2.53. The van der Waals surface area contributed by atoms with E-state index in [2.05, 4.69) is 5.32 Å². The summed E-state index contributed by atoms with van der Waals surface area (Å²) in [7, 11) is -2.20. The van der Waals surface area contributed by atoms with Gasteiger partial charge >= 0.3 is 0 Å². The first-order valence-corrected chi connectivity index (χ1v) is 11.8. The summed E-state index contributed by atoms with van der Waals surface area (Å²) >= 11 is 11.8. The Kier molecular flexibility index (Phi) is 5.93. The molecule has 0 bridgehead atoms. The van der Waals surface area contributed by atoms with Gasteiger partial charge in [0.15, 0.2) is 5.75 Å². The molecular weight excluding hydrogens is 477 g/mol. The smallest absolute Gasteiger partial charge is 0.293 e. The topological polar surface area (TPSA) is 109 Å². The number of fused-ring (bicyclic) bond motifs is 1. The number of halogens is 2. The molecule has 0 atom stereocenters. The van der Waals surface area contributed by atoms with Gasteiger partial charge in [0.05, 0.1) is 26.0 Å². The molecule has 32 heavy (non-hydrogen) atoms. The summed E-state index contributed by atoms with van der Waals surface area (Å²) in [5.41, 5.74) is -0.248. The molecule has 1 fully saturated rings. The van der Waals surface area contributed by atoms with Crippen molar-refractivity contribution in [3.63, 3.8) is 0 Å². The Labute approximate surface area is 194 Å². The predicted octanol–water partition coefficient (Wildman–Crippen LogP) is 2.60. The van der Waals surface area contributed by atoms with Gasteiger partial charge in [-0.15, -0.1) is 0 Å². The van der Waals surface area contributed by atoms with Crippen LogP contribution in [0.25, 0.3) is 10.9 Å². The number of amides is 1. The molecule has 2 aromatic carbocycles. The Bertz CT molecular complexity index is 1400. The number of nitrogens with one attached hydrogen (secondary N) is 1. The Hall–Kier alpha value is -2.59. The Morgan fingerprint density at radius 2 is 1.84 bits per heavy atom. The molecule has 168 valence electrons. The zero-order chi connectivity index (χ0) is 23.2. The van der Waals surface area contributed by atoms with E-state index in [1.165, 1.54) is 34.1 Å². The van der Waals surface area contributed by atoms with Gasteiger partial charge in [0.25, 0.3) is 11.5 Å². The average molecular weight is 496 g/mol. The van der Waals surface area contributed by atoms with Crippen molar-refractivity contribution in [2.45, 2.75) is 4.90 Å². The first kappa shape index (κ1) is 22.6. The molecule has 0 saturated carbocycles. The molecule has 1 amide bonds. The van der Waals surface area contributed by atoms with Crippen molar-refractivity contribution in [2.24, 2.45) is 13.0 Å². The number of aromatic hydroxyl groups is 1. The Morgan fingerprint density at radius 1 is 1.16 bits per heavy atom. The molecule has 11 heteroatoms. The largest absolute Gasteiger partial charge is 0.502 e. The number of nitrogens with zero attached hydrogens (tertiary/aromatic N) is 2. The number of hydrogen-bond donors (Lipinski definition) is 2. The van der Waals surface area contributed by atoms with Gasteiger partial charge in [0.1, 0.15) is 0 Å². The molecule has 1 aliphatic heterocycles. The van der Waals surface area contributed by atoms with Crippen molar-refractivity contribution in [3.8, 4) is 5.75 Å². The fourth-order valence-electron chi connectivity index (χ4n) is 3.67. The van der Waals surface area contributed by atoms with Crippen LogP contribution >= 0.6 is 23.2 Å². The van der Waals surface area contributed by atoms with E-state index < -0.39 is 27.2 Å². The van der Waals surface area contributed by atoms with Crippen LogP contribution < -0.4 is 10.9 Å². The minimum absolute atomic E-state index is 0.0471. The van der Waals surface area contributed by atoms with Crippen LogP contribution in [-0.4, -0.2) is 47.9 Å². The molecule has 0 aliphatic carbocycles. The summed E-state index contributed by atoms with van der Waals surface area (Å²) in [5.74, 6) is -1.33. The highest BCUT2D eigenvalue weighted by molar-refractivity contribution is 7.89. The number of aromatic nitrogens is 1. The second kappa shape index (κ2) is 8.40. The van der Waals surface area contributed by atoms with Gasteiger partial charge in [0.2, 0.25) is 10.0 Å².